The van der Waals surface area contributed by atoms with E-state index in [1.807, 2.05) is 24.3 Å². The van der Waals surface area contributed by atoms with Crippen molar-refractivity contribution < 1.29 is 4.39 Å². The van der Waals surface area contributed by atoms with Crippen LogP contribution in [0.5, 0.6) is 0 Å². The Morgan fingerprint density at radius 3 is 2.50 bits per heavy atom. The molecule has 16 heavy (non-hydrogen) atoms. The van der Waals surface area contributed by atoms with Crippen molar-refractivity contribution in [2.75, 3.05) is 0 Å². The molecule has 0 aliphatic rings. The van der Waals surface area contributed by atoms with Gasteiger partial charge in [-0.05, 0) is 46.3 Å². The van der Waals surface area contributed by atoms with E-state index in [1.165, 1.54) is 12.1 Å². The fourth-order valence-electron chi connectivity index (χ4n) is 1.27. The predicted molar refractivity (Wildman–Crippen MR) is 66.5 cm³/mol. The van der Waals surface area contributed by atoms with Crippen molar-refractivity contribution in [3.05, 3.63) is 69.9 Å². The van der Waals surface area contributed by atoms with Crippen LogP contribution < -0.4 is 0 Å². The molecule has 0 N–H and O–H groups in total. The molecule has 0 fully saturated rings. The van der Waals surface area contributed by atoms with Crippen LogP contribution in [0, 0.1) is 17.7 Å². The lowest BCUT2D eigenvalue weighted by atomic mass is 10.2. The third kappa shape index (κ3) is 2.71. The first kappa shape index (κ1) is 10.9. The first-order chi connectivity index (χ1) is 7.75. The molecule has 2 heteroatoms. The summed E-state index contributed by atoms with van der Waals surface area (Å²) >= 11 is 3.41. The monoisotopic (exact) mass is 274 g/mol. The second-order valence-corrected chi connectivity index (χ2v) is 4.09. The zero-order valence-corrected chi connectivity index (χ0v) is 9.96. The maximum absolute atomic E-state index is 12.9. The number of hydrogen-bond acceptors (Lipinski definition) is 0. The molecule has 0 saturated carbocycles. The molecule has 78 valence electrons. The summed E-state index contributed by atoms with van der Waals surface area (Å²) in [5.41, 5.74) is 1.57. The van der Waals surface area contributed by atoms with E-state index >= 15 is 0 Å². The molecule has 0 spiro atoms. The van der Waals surface area contributed by atoms with Crippen LogP contribution in [-0.2, 0) is 0 Å². The van der Waals surface area contributed by atoms with Crippen LogP contribution in [0.3, 0.4) is 0 Å². The summed E-state index contributed by atoms with van der Waals surface area (Å²) in [6.07, 6.45) is 0. The molecular weight excluding hydrogens is 267 g/mol. The van der Waals surface area contributed by atoms with Gasteiger partial charge in [0, 0.05) is 15.6 Å². The highest BCUT2D eigenvalue weighted by molar-refractivity contribution is 9.10. The van der Waals surface area contributed by atoms with Crippen molar-refractivity contribution in [1.82, 2.24) is 0 Å². The van der Waals surface area contributed by atoms with Gasteiger partial charge in [-0.1, -0.05) is 30.0 Å². The Labute approximate surface area is 102 Å². The maximum atomic E-state index is 12.9. The Morgan fingerprint density at radius 1 is 0.938 bits per heavy atom. The molecule has 0 aromatic heterocycles. The predicted octanol–water partition coefficient (Wildman–Crippen LogP) is 3.99. The van der Waals surface area contributed by atoms with Gasteiger partial charge in [0.25, 0.3) is 0 Å². The molecule has 2 aromatic carbocycles. The van der Waals surface area contributed by atoms with Crippen LogP contribution in [0.15, 0.2) is 53.0 Å². The zero-order chi connectivity index (χ0) is 11.4. The summed E-state index contributed by atoms with van der Waals surface area (Å²) in [7, 11) is 0. The van der Waals surface area contributed by atoms with Crippen molar-refractivity contribution in [3.8, 4) is 11.8 Å². The van der Waals surface area contributed by atoms with E-state index in [1.54, 1.807) is 12.1 Å². The third-order valence-electron chi connectivity index (χ3n) is 2.04. The molecule has 2 rings (SSSR count). The van der Waals surface area contributed by atoms with Crippen molar-refractivity contribution in [1.29, 1.82) is 0 Å². The molecule has 0 aliphatic carbocycles. The van der Waals surface area contributed by atoms with Crippen molar-refractivity contribution >= 4 is 15.9 Å². The molecular formula is C14H8BrF. The Hall–Kier alpha value is -1.59. The number of benzene rings is 2. The van der Waals surface area contributed by atoms with Crippen LogP contribution >= 0.6 is 15.9 Å². The van der Waals surface area contributed by atoms with E-state index in [0.717, 1.165) is 10.0 Å². The normalized spacial score (nSPS) is 9.38. The van der Waals surface area contributed by atoms with E-state index in [2.05, 4.69) is 27.8 Å². The van der Waals surface area contributed by atoms with Crippen molar-refractivity contribution in [2.45, 2.75) is 0 Å². The molecule has 2 aromatic rings. The third-order valence-corrected chi connectivity index (χ3v) is 2.73. The highest BCUT2D eigenvalue weighted by Gasteiger charge is 1.93. The minimum absolute atomic E-state index is 0.265. The summed E-state index contributed by atoms with van der Waals surface area (Å²) in [4.78, 5) is 0. The van der Waals surface area contributed by atoms with E-state index in [0.29, 0.717) is 5.56 Å². The number of halogens is 2. The van der Waals surface area contributed by atoms with E-state index in [-0.39, 0.29) is 5.82 Å². The van der Waals surface area contributed by atoms with E-state index in [4.69, 9.17) is 0 Å². The first-order valence-corrected chi connectivity index (χ1v) is 5.57. The van der Waals surface area contributed by atoms with E-state index in [9.17, 15) is 4.39 Å². The molecule has 0 radical (unpaired) electrons. The van der Waals surface area contributed by atoms with Gasteiger partial charge >= 0.3 is 0 Å². The molecule has 0 saturated heterocycles. The summed E-state index contributed by atoms with van der Waals surface area (Å²) in [5.74, 6) is 5.65. The summed E-state index contributed by atoms with van der Waals surface area (Å²) in [6.45, 7) is 0. The molecule has 0 aliphatic heterocycles. The van der Waals surface area contributed by atoms with Crippen LogP contribution in [0.4, 0.5) is 4.39 Å². The molecule has 0 heterocycles. The average molecular weight is 275 g/mol. The standard InChI is InChI=1S/C14H8BrF/c15-14-7-2-1-5-12(14)9-8-11-4-3-6-13(16)10-11/h1-7,10H. The van der Waals surface area contributed by atoms with Gasteiger partial charge in [-0.25, -0.2) is 4.39 Å². The molecule has 0 nitrogen and oxygen atoms in total. The minimum Gasteiger partial charge on any atom is -0.207 e. The highest BCUT2D eigenvalue weighted by atomic mass is 79.9. The van der Waals surface area contributed by atoms with Crippen molar-refractivity contribution in [2.24, 2.45) is 0 Å². The van der Waals surface area contributed by atoms with E-state index < -0.39 is 0 Å². The second kappa shape index (κ2) is 4.96. The molecule has 0 unspecified atom stereocenters. The van der Waals surface area contributed by atoms with Crippen LogP contribution in [-0.4, -0.2) is 0 Å². The lowest BCUT2D eigenvalue weighted by Crippen LogP contribution is -1.79. The van der Waals surface area contributed by atoms with Gasteiger partial charge in [0.2, 0.25) is 0 Å². The van der Waals surface area contributed by atoms with Crippen LogP contribution in [0.2, 0.25) is 0 Å². The van der Waals surface area contributed by atoms with Gasteiger partial charge in [0.05, 0.1) is 0 Å². The first-order valence-electron chi connectivity index (χ1n) is 4.78. The second-order valence-electron chi connectivity index (χ2n) is 3.24. The average Bonchev–Trinajstić information content (AvgIpc) is 2.28. The van der Waals surface area contributed by atoms with Gasteiger partial charge in [-0.3, -0.25) is 0 Å². The van der Waals surface area contributed by atoms with Crippen LogP contribution in [0.25, 0.3) is 0 Å². The lowest BCUT2D eigenvalue weighted by molar-refractivity contribution is 0.627. The zero-order valence-electron chi connectivity index (χ0n) is 8.37. The minimum atomic E-state index is -0.265. The topological polar surface area (TPSA) is 0 Å². The Bertz CT molecular complexity index is 564. The van der Waals surface area contributed by atoms with Gasteiger partial charge in [0.15, 0.2) is 0 Å². The van der Waals surface area contributed by atoms with Gasteiger partial charge in [-0.15, -0.1) is 0 Å². The Kier molecular flexibility index (Phi) is 3.38. The van der Waals surface area contributed by atoms with Crippen molar-refractivity contribution in [3.63, 3.8) is 0 Å². The summed E-state index contributed by atoms with van der Waals surface area (Å²) in [6, 6.07) is 13.9. The quantitative estimate of drug-likeness (QED) is 0.638. The molecule has 0 bridgehead atoms. The highest BCUT2D eigenvalue weighted by Crippen LogP contribution is 2.14. The Morgan fingerprint density at radius 2 is 1.75 bits per heavy atom. The molecule has 0 atom stereocenters. The maximum Gasteiger partial charge on any atom is 0.124 e. The SMILES string of the molecule is Fc1cccc(C#Cc2ccccc2Br)c1. The fourth-order valence-corrected chi connectivity index (χ4v) is 1.65. The lowest BCUT2D eigenvalue weighted by Gasteiger charge is -1.93. The largest absolute Gasteiger partial charge is 0.207 e. The number of rotatable bonds is 0. The smallest absolute Gasteiger partial charge is 0.124 e. The Balaban J connectivity index is 2.32. The fraction of sp³-hybridized carbons (Fsp3) is 0. The van der Waals surface area contributed by atoms with Gasteiger partial charge in [0.1, 0.15) is 5.82 Å². The van der Waals surface area contributed by atoms with Crippen LogP contribution in [0.1, 0.15) is 11.1 Å². The number of hydrogen-bond donors (Lipinski definition) is 0. The van der Waals surface area contributed by atoms with Gasteiger partial charge in [-0.2, -0.15) is 0 Å². The summed E-state index contributed by atoms with van der Waals surface area (Å²) < 4.78 is 13.8. The van der Waals surface area contributed by atoms with Gasteiger partial charge < -0.3 is 0 Å². The molecule has 0 amide bonds. The summed E-state index contributed by atoms with van der Waals surface area (Å²) in [5, 5.41) is 0.